The Bertz CT molecular complexity index is 1740. The first-order valence-electron chi connectivity index (χ1n) is 16.1. The van der Waals surface area contributed by atoms with Crippen LogP contribution in [-0.2, 0) is 27.3 Å². The van der Waals surface area contributed by atoms with Gasteiger partial charge in [-0.25, -0.2) is 0 Å². The number of likely N-dealkylation sites (N-methyl/N-ethyl adjacent to an activating group) is 1. The number of phenolic OH excluding ortho intramolecular Hbond substituents is 1. The summed E-state index contributed by atoms with van der Waals surface area (Å²) in [7, 11) is 6.85. The number of Topliss-reactive ketones (excluding diaryl/α,β-unsaturated/α-hetero) is 2. The first-order chi connectivity index (χ1) is 22.7. The highest BCUT2D eigenvalue weighted by Gasteiger charge is 2.64. The molecule has 3 aliphatic carbocycles. The first kappa shape index (κ1) is 34.1. The molecular weight excluding hydrogens is 638 g/mol. The Balaban J connectivity index is 1.41. The summed E-state index contributed by atoms with van der Waals surface area (Å²) in [4.78, 5) is 49.7. The number of aromatic hydroxyl groups is 1. The minimum Gasteiger partial charge on any atom is -0.508 e. The molecule has 4 aliphatic rings. The lowest BCUT2D eigenvalue weighted by atomic mass is 9.57. The van der Waals surface area contributed by atoms with Crippen LogP contribution < -0.4 is 10.6 Å². The molecule has 1 saturated carbocycles. The van der Waals surface area contributed by atoms with Crippen LogP contribution in [0.2, 0.25) is 0 Å². The van der Waals surface area contributed by atoms with Crippen molar-refractivity contribution in [3.63, 3.8) is 0 Å². The third kappa shape index (κ3) is 5.31. The van der Waals surface area contributed by atoms with Crippen molar-refractivity contribution < 1.29 is 39.9 Å². The van der Waals surface area contributed by atoms with Crippen molar-refractivity contribution in [2.24, 2.45) is 17.6 Å². The van der Waals surface area contributed by atoms with Crippen LogP contribution in [0.15, 0.2) is 35.1 Å². The highest BCUT2D eigenvalue weighted by atomic mass is 32.1. The number of primary amides is 1. The number of fused-ring (bicyclic) bond motifs is 3. The average molecular weight is 682 g/mol. The third-order valence-electron chi connectivity index (χ3n) is 10.4. The number of benzene rings is 1. The van der Waals surface area contributed by atoms with Crippen LogP contribution in [0.5, 0.6) is 5.75 Å². The van der Waals surface area contributed by atoms with E-state index >= 15 is 0 Å². The van der Waals surface area contributed by atoms with Gasteiger partial charge in [0, 0.05) is 85.9 Å². The summed E-state index contributed by atoms with van der Waals surface area (Å²) in [5.74, 6) is -6.69. The molecule has 1 aromatic heterocycles. The highest BCUT2D eigenvalue weighted by molar-refractivity contribution is 7.15. The Hall–Kier alpha value is -3.79. The van der Waals surface area contributed by atoms with E-state index in [0.29, 0.717) is 17.7 Å². The number of ketones is 2. The molecule has 0 radical (unpaired) electrons. The van der Waals surface area contributed by atoms with Gasteiger partial charge in [0.05, 0.1) is 18.2 Å². The molecule has 1 saturated heterocycles. The van der Waals surface area contributed by atoms with Gasteiger partial charge in [0.25, 0.3) is 5.91 Å². The van der Waals surface area contributed by atoms with E-state index in [0.717, 1.165) is 48.2 Å². The van der Waals surface area contributed by atoms with Gasteiger partial charge in [-0.3, -0.25) is 29.1 Å². The van der Waals surface area contributed by atoms with Gasteiger partial charge in [0.2, 0.25) is 5.78 Å². The molecule has 4 atom stereocenters. The number of anilines is 1. The summed E-state index contributed by atoms with van der Waals surface area (Å²) in [5.41, 5.74) is 3.63. The van der Waals surface area contributed by atoms with E-state index in [-0.39, 0.29) is 36.3 Å². The van der Waals surface area contributed by atoms with Crippen LogP contribution in [0, 0.1) is 11.8 Å². The lowest BCUT2D eigenvalue weighted by molar-refractivity contribution is -0.153. The van der Waals surface area contributed by atoms with E-state index in [1.165, 1.54) is 16.2 Å². The van der Waals surface area contributed by atoms with Crippen molar-refractivity contribution in [3.8, 4) is 16.2 Å². The normalized spacial score (nSPS) is 26.5. The van der Waals surface area contributed by atoms with E-state index < -0.39 is 58.0 Å². The van der Waals surface area contributed by atoms with Crippen LogP contribution in [0.4, 0.5) is 5.69 Å². The summed E-state index contributed by atoms with van der Waals surface area (Å²) >= 11 is 1.52. The van der Waals surface area contributed by atoms with Crippen LogP contribution in [0.25, 0.3) is 16.2 Å². The van der Waals surface area contributed by atoms with Gasteiger partial charge in [-0.05, 0) is 56.6 Å². The van der Waals surface area contributed by atoms with E-state index in [4.69, 9.17) is 5.73 Å². The maximum Gasteiger partial charge on any atom is 0.255 e. The van der Waals surface area contributed by atoms with Gasteiger partial charge < -0.3 is 36.2 Å². The highest BCUT2D eigenvalue weighted by Crippen LogP contribution is 2.55. The van der Waals surface area contributed by atoms with Gasteiger partial charge in [-0.15, -0.1) is 11.3 Å². The predicted octanol–water partition coefficient (Wildman–Crippen LogP) is 0.868. The zero-order valence-corrected chi connectivity index (χ0v) is 28.4. The minimum atomic E-state index is -2.69. The summed E-state index contributed by atoms with van der Waals surface area (Å²) in [6.45, 7) is 5.05. The number of aliphatic hydroxyl groups is 4. The largest absolute Gasteiger partial charge is 0.508 e. The number of carbonyl (C=O) groups is 3. The molecule has 0 bridgehead atoms. The minimum absolute atomic E-state index is 0.0314. The number of β-amino-alcohol motifs (C(OH)–C–C–N with tert-alkyl or cyclic N) is 1. The van der Waals surface area contributed by atoms with Crippen molar-refractivity contribution in [2.45, 2.75) is 31.0 Å². The molecule has 1 amide bonds. The maximum absolute atomic E-state index is 14.3. The number of thiophene rings is 1. The second-order valence-electron chi connectivity index (χ2n) is 13.6. The molecular formula is C34H43N5O8S. The van der Waals surface area contributed by atoms with E-state index in [9.17, 15) is 39.9 Å². The Morgan fingerprint density at radius 2 is 1.73 bits per heavy atom. The van der Waals surface area contributed by atoms with Crippen LogP contribution in [-0.4, -0.2) is 137 Å². The zero-order valence-electron chi connectivity index (χ0n) is 27.6. The molecule has 48 heavy (non-hydrogen) atoms. The van der Waals surface area contributed by atoms with Crippen molar-refractivity contribution in [1.82, 2.24) is 14.7 Å². The molecule has 2 heterocycles. The number of hydrogen-bond donors (Lipinski definition) is 6. The van der Waals surface area contributed by atoms with E-state index in [2.05, 4.69) is 9.80 Å². The summed E-state index contributed by atoms with van der Waals surface area (Å²) in [6, 6.07) is 4.67. The van der Waals surface area contributed by atoms with Gasteiger partial charge in [0.15, 0.2) is 11.4 Å². The summed E-state index contributed by atoms with van der Waals surface area (Å²) in [6.07, 6.45) is 0.248. The smallest absolute Gasteiger partial charge is 0.255 e. The monoisotopic (exact) mass is 681 g/mol. The number of aliphatic hydroxyl groups excluding tert-OH is 3. The Morgan fingerprint density at radius 3 is 2.33 bits per heavy atom. The molecule has 0 spiro atoms. The fraction of sp³-hybridized carbons (Fsp3) is 0.500. The quantitative estimate of drug-likeness (QED) is 0.216. The number of nitrogens with two attached hydrogens (primary N) is 1. The fourth-order valence-electron chi connectivity index (χ4n) is 8.02. The van der Waals surface area contributed by atoms with Crippen molar-refractivity contribution in [3.05, 3.63) is 51.1 Å². The van der Waals surface area contributed by atoms with Crippen molar-refractivity contribution in [2.75, 3.05) is 72.4 Å². The average Bonchev–Trinajstić information content (AvgIpc) is 3.47. The molecule has 7 N–H and O–H groups in total. The number of rotatable bonds is 8. The fourth-order valence-corrected chi connectivity index (χ4v) is 9.09. The molecule has 2 fully saturated rings. The van der Waals surface area contributed by atoms with E-state index in [1.807, 2.05) is 37.2 Å². The van der Waals surface area contributed by atoms with E-state index in [1.54, 1.807) is 14.1 Å². The number of hydrogen-bond acceptors (Lipinski definition) is 13. The molecule has 13 nitrogen and oxygen atoms in total. The number of phenols is 1. The van der Waals surface area contributed by atoms with Crippen LogP contribution in [0.3, 0.4) is 0 Å². The second-order valence-corrected chi connectivity index (χ2v) is 14.8. The van der Waals surface area contributed by atoms with Gasteiger partial charge in [-0.1, -0.05) is 0 Å². The lowest BCUT2D eigenvalue weighted by Gasteiger charge is -2.50. The Morgan fingerprint density at radius 1 is 1.06 bits per heavy atom. The number of nitrogens with zero attached hydrogens (tertiary/aromatic N) is 4. The van der Waals surface area contributed by atoms with Crippen LogP contribution >= 0.6 is 11.3 Å². The summed E-state index contributed by atoms with van der Waals surface area (Å²) < 4.78 is 0. The zero-order chi connectivity index (χ0) is 34.8. The Kier molecular flexibility index (Phi) is 8.94. The SMILES string of the molecule is CN(C)c1cc(-c2ccc(CN3CCN(CCO)CC3)s2)c(O)c2c1CC1CC3C(N(C)C)C(=O)C(C(N)=O)=C(O)C3(O)C(=O)C1=C2O. The third-order valence-corrected chi connectivity index (χ3v) is 11.5. The molecule has 14 heteroatoms. The van der Waals surface area contributed by atoms with Crippen molar-refractivity contribution in [1.29, 1.82) is 0 Å². The number of piperazine rings is 1. The van der Waals surface area contributed by atoms with Gasteiger partial charge >= 0.3 is 0 Å². The Labute approximate surface area is 282 Å². The lowest BCUT2D eigenvalue weighted by Crippen LogP contribution is -2.65. The first-order valence-corrected chi connectivity index (χ1v) is 16.9. The number of carbonyl (C=O) groups excluding carboxylic acids is 3. The van der Waals surface area contributed by atoms with Gasteiger partial charge in [0.1, 0.15) is 22.8 Å². The molecule has 1 aromatic carbocycles. The maximum atomic E-state index is 14.3. The van der Waals surface area contributed by atoms with Crippen LogP contribution in [0.1, 0.15) is 22.4 Å². The molecule has 6 rings (SSSR count). The molecule has 1 aliphatic heterocycles. The van der Waals surface area contributed by atoms with Crippen molar-refractivity contribution >= 4 is 40.3 Å². The molecule has 2 aromatic rings. The van der Waals surface area contributed by atoms with Gasteiger partial charge in [-0.2, -0.15) is 0 Å². The topological polar surface area (TPSA) is 191 Å². The summed E-state index contributed by atoms with van der Waals surface area (Å²) in [5, 5.41) is 55.9. The standard InChI is InChI=1S/C34H43N5O8S/c1-36(2)22-15-20(23-6-5-18(48-23)16-39-9-7-38(8-10-39)11-12-40)28(41)25-19(22)13-17-14-21-27(37(3)4)30(43)26(33(35)46)32(45)34(21,47)31(44)24(17)29(25)42/h5-6,15,17,21,27,40-42,45,47H,7-14,16H2,1-4H3,(H2,35,46). The predicted molar refractivity (Wildman–Crippen MR) is 181 cm³/mol. The second kappa shape index (κ2) is 12.6. The molecule has 4 unspecified atom stereocenters. The molecule has 258 valence electrons. The number of amides is 1.